The normalized spacial score (nSPS) is 25.2. The summed E-state index contributed by atoms with van der Waals surface area (Å²) in [6, 6.07) is 2.14. The van der Waals surface area contributed by atoms with E-state index in [4.69, 9.17) is 0 Å². The molecule has 1 unspecified atom stereocenters. The summed E-state index contributed by atoms with van der Waals surface area (Å²) in [6.45, 7) is 4.33. The SMILES string of the molecule is O=C1CSC(c2ccsc2)N1CCN1CCCC1. The molecule has 18 heavy (non-hydrogen) atoms. The van der Waals surface area contributed by atoms with Crippen molar-refractivity contribution in [2.75, 3.05) is 31.9 Å². The molecule has 0 bridgehead atoms. The van der Waals surface area contributed by atoms with Crippen LogP contribution in [-0.4, -0.2) is 47.6 Å². The Hall–Kier alpha value is -0.520. The van der Waals surface area contributed by atoms with E-state index in [0.717, 1.165) is 13.1 Å². The van der Waals surface area contributed by atoms with E-state index in [1.165, 1.54) is 31.5 Å². The van der Waals surface area contributed by atoms with Gasteiger partial charge >= 0.3 is 0 Å². The first-order valence-corrected chi connectivity index (χ1v) is 8.49. The van der Waals surface area contributed by atoms with Gasteiger partial charge in [0.15, 0.2) is 0 Å². The zero-order chi connectivity index (χ0) is 12.4. The van der Waals surface area contributed by atoms with Crippen molar-refractivity contribution >= 4 is 29.0 Å². The van der Waals surface area contributed by atoms with Crippen molar-refractivity contribution in [2.24, 2.45) is 0 Å². The second-order valence-electron chi connectivity index (χ2n) is 4.86. The first-order chi connectivity index (χ1) is 8.84. The second-order valence-corrected chi connectivity index (χ2v) is 6.70. The molecule has 3 nitrogen and oxygen atoms in total. The third kappa shape index (κ3) is 2.58. The van der Waals surface area contributed by atoms with E-state index < -0.39 is 0 Å². The maximum atomic E-state index is 12.0. The van der Waals surface area contributed by atoms with Crippen LogP contribution in [0.2, 0.25) is 0 Å². The summed E-state index contributed by atoms with van der Waals surface area (Å²) in [5, 5.41) is 4.52. The van der Waals surface area contributed by atoms with E-state index in [2.05, 4.69) is 26.6 Å². The number of hydrogen-bond donors (Lipinski definition) is 0. The number of thiophene rings is 1. The summed E-state index contributed by atoms with van der Waals surface area (Å²) >= 11 is 3.47. The highest BCUT2D eigenvalue weighted by Gasteiger charge is 2.33. The van der Waals surface area contributed by atoms with Crippen molar-refractivity contribution in [3.8, 4) is 0 Å². The third-order valence-electron chi connectivity index (χ3n) is 3.65. The average molecular weight is 282 g/mol. The van der Waals surface area contributed by atoms with E-state index >= 15 is 0 Å². The van der Waals surface area contributed by atoms with Crippen LogP contribution in [0, 0.1) is 0 Å². The molecule has 0 spiro atoms. The van der Waals surface area contributed by atoms with Gasteiger partial charge in [-0.25, -0.2) is 0 Å². The molecule has 1 amide bonds. The fourth-order valence-corrected chi connectivity index (χ4v) is 4.62. The maximum absolute atomic E-state index is 12.0. The van der Waals surface area contributed by atoms with Crippen LogP contribution in [-0.2, 0) is 4.79 Å². The van der Waals surface area contributed by atoms with Gasteiger partial charge in [-0.3, -0.25) is 4.79 Å². The predicted molar refractivity (Wildman–Crippen MR) is 76.9 cm³/mol. The lowest BCUT2D eigenvalue weighted by Gasteiger charge is -2.26. The van der Waals surface area contributed by atoms with Crippen molar-refractivity contribution in [1.29, 1.82) is 0 Å². The van der Waals surface area contributed by atoms with Crippen molar-refractivity contribution in [1.82, 2.24) is 9.80 Å². The zero-order valence-corrected chi connectivity index (χ0v) is 12.0. The van der Waals surface area contributed by atoms with Gasteiger partial charge in [0, 0.05) is 13.1 Å². The Morgan fingerprint density at radius 1 is 1.28 bits per heavy atom. The zero-order valence-electron chi connectivity index (χ0n) is 10.4. The molecule has 0 aliphatic carbocycles. The Kier molecular flexibility index (Phi) is 3.91. The molecule has 5 heteroatoms. The summed E-state index contributed by atoms with van der Waals surface area (Å²) in [4.78, 5) is 16.5. The van der Waals surface area contributed by atoms with E-state index in [1.807, 2.05) is 0 Å². The Balaban J connectivity index is 1.62. The number of nitrogens with zero attached hydrogens (tertiary/aromatic N) is 2. The first-order valence-electron chi connectivity index (χ1n) is 6.50. The highest BCUT2D eigenvalue weighted by atomic mass is 32.2. The highest BCUT2D eigenvalue weighted by molar-refractivity contribution is 8.00. The van der Waals surface area contributed by atoms with Crippen LogP contribution in [0.1, 0.15) is 23.8 Å². The second kappa shape index (κ2) is 5.63. The summed E-state index contributed by atoms with van der Waals surface area (Å²) in [6.07, 6.45) is 2.63. The lowest BCUT2D eigenvalue weighted by molar-refractivity contribution is -0.128. The van der Waals surface area contributed by atoms with Crippen molar-refractivity contribution in [3.63, 3.8) is 0 Å². The third-order valence-corrected chi connectivity index (χ3v) is 5.61. The molecule has 3 heterocycles. The number of thioether (sulfide) groups is 1. The van der Waals surface area contributed by atoms with Crippen molar-refractivity contribution < 1.29 is 4.79 Å². The van der Waals surface area contributed by atoms with Gasteiger partial charge in [-0.1, -0.05) is 0 Å². The molecule has 1 aromatic heterocycles. The Bertz CT molecular complexity index is 401. The molecule has 2 fully saturated rings. The van der Waals surface area contributed by atoms with Crippen LogP contribution in [0.3, 0.4) is 0 Å². The highest BCUT2D eigenvalue weighted by Crippen LogP contribution is 2.39. The molecule has 2 aliphatic rings. The minimum atomic E-state index is 0.256. The van der Waals surface area contributed by atoms with Gasteiger partial charge in [-0.05, 0) is 48.3 Å². The summed E-state index contributed by atoms with van der Waals surface area (Å²) in [7, 11) is 0. The summed E-state index contributed by atoms with van der Waals surface area (Å²) in [5.41, 5.74) is 1.29. The standard InChI is InChI=1S/C13H18N2OS2/c16-12-10-18-13(11-3-8-17-9-11)15(12)7-6-14-4-1-2-5-14/h3,8-9,13H,1-2,4-7,10H2. The van der Waals surface area contributed by atoms with Crippen molar-refractivity contribution in [3.05, 3.63) is 22.4 Å². The molecule has 98 valence electrons. The fraction of sp³-hybridized carbons (Fsp3) is 0.615. The van der Waals surface area contributed by atoms with Crippen LogP contribution in [0.5, 0.6) is 0 Å². The van der Waals surface area contributed by atoms with Crippen LogP contribution in [0.15, 0.2) is 16.8 Å². The average Bonchev–Trinajstić information content (AvgIpc) is 3.08. The molecular formula is C13H18N2OS2. The maximum Gasteiger partial charge on any atom is 0.233 e. The smallest absolute Gasteiger partial charge is 0.233 e. The number of rotatable bonds is 4. The minimum Gasteiger partial charge on any atom is -0.325 e. The van der Waals surface area contributed by atoms with E-state index in [1.54, 1.807) is 23.1 Å². The number of carbonyl (C=O) groups is 1. The Morgan fingerprint density at radius 3 is 2.83 bits per heavy atom. The topological polar surface area (TPSA) is 23.6 Å². The quantitative estimate of drug-likeness (QED) is 0.847. The van der Waals surface area contributed by atoms with Gasteiger partial charge in [0.1, 0.15) is 5.37 Å². The molecule has 0 N–H and O–H groups in total. The predicted octanol–water partition coefficient (Wildman–Crippen LogP) is 2.42. The summed E-state index contributed by atoms with van der Waals surface area (Å²) in [5.74, 6) is 0.941. The van der Waals surface area contributed by atoms with E-state index in [9.17, 15) is 4.79 Å². The minimum absolute atomic E-state index is 0.256. The number of hydrogen-bond acceptors (Lipinski definition) is 4. The number of likely N-dealkylation sites (tertiary alicyclic amines) is 1. The lowest BCUT2D eigenvalue weighted by atomic mass is 10.3. The Labute approximate surface area is 116 Å². The molecule has 1 aromatic rings. The first kappa shape index (κ1) is 12.5. The van der Waals surface area contributed by atoms with Gasteiger partial charge in [-0.2, -0.15) is 11.3 Å². The van der Waals surface area contributed by atoms with Crippen LogP contribution in [0.25, 0.3) is 0 Å². The van der Waals surface area contributed by atoms with Crippen molar-refractivity contribution in [2.45, 2.75) is 18.2 Å². The van der Waals surface area contributed by atoms with Gasteiger partial charge in [-0.15, -0.1) is 11.8 Å². The van der Waals surface area contributed by atoms with Gasteiger partial charge in [0.25, 0.3) is 0 Å². The summed E-state index contributed by atoms with van der Waals surface area (Å²) < 4.78 is 0. The Morgan fingerprint density at radius 2 is 2.11 bits per heavy atom. The van der Waals surface area contributed by atoms with Crippen LogP contribution >= 0.6 is 23.1 Å². The number of amides is 1. The molecular weight excluding hydrogens is 264 g/mol. The monoisotopic (exact) mass is 282 g/mol. The largest absolute Gasteiger partial charge is 0.325 e. The van der Waals surface area contributed by atoms with E-state index in [0.29, 0.717) is 11.7 Å². The van der Waals surface area contributed by atoms with Gasteiger partial charge < -0.3 is 9.80 Å². The molecule has 2 aliphatic heterocycles. The fourth-order valence-electron chi connectivity index (χ4n) is 2.64. The molecule has 0 radical (unpaired) electrons. The van der Waals surface area contributed by atoms with Gasteiger partial charge in [0.2, 0.25) is 5.91 Å². The molecule has 1 atom stereocenters. The van der Waals surface area contributed by atoms with Gasteiger partial charge in [0.05, 0.1) is 5.75 Å². The van der Waals surface area contributed by atoms with Crippen LogP contribution in [0.4, 0.5) is 0 Å². The molecule has 3 rings (SSSR count). The molecule has 0 saturated carbocycles. The van der Waals surface area contributed by atoms with Crippen LogP contribution < -0.4 is 0 Å². The molecule has 2 saturated heterocycles. The van der Waals surface area contributed by atoms with E-state index in [-0.39, 0.29) is 5.37 Å². The lowest BCUT2D eigenvalue weighted by Crippen LogP contribution is -2.36. The number of carbonyl (C=O) groups excluding carboxylic acids is 1. The molecule has 0 aromatic carbocycles.